The topological polar surface area (TPSA) is 93.2 Å². The van der Waals surface area contributed by atoms with Gasteiger partial charge in [0.25, 0.3) is 0 Å². The van der Waals surface area contributed by atoms with Crippen LogP contribution in [0.4, 0.5) is 5.82 Å². The summed E-state index contributed by atoms with van der Waals surface area (Å²) in [5.74, 6) is 1.80. The number of nitrogens with zero attached hydrogens (tertiary/aromatic N) is 3. The first kappa shape index (κ1) is 17.7. The Labute approximate surface area is 147 Å². The molecule has 0 radical (unpaired) electrons. The van der Waals surface area contributed by atoms with Gasteiger partial charge < -0.3 is 14.8 Å². The number of aliphatic hydroxyl groups is 1. The van der Waals surface area contributed by atoms with Crippen LogP contribution in [0, 0.1) is 6.92 Å². The van der Waals surface area contributed by atoms with Crippen LogP contribution in [0.15, 0.2) is 16.7 Å². The molecule has 0 unspecified atom stereocenters. The second-order valence-electron chi connectivity index (χ2n) is 7.79. The van der Waals surface area contributed by atoms with Crippen LogP contribution in [0.1, 0.15) is 63.3 Å². The van der Waals surface area contributed by atoms with E-state index in [1.807, 2.05) is 31.5 Å². The van der Waals surface area contributed by atoms with Crippen molar-refractivity contribution in [2.24, 2.45) is 0 Å². The lowest BCUT2D eigenvalue weighted by Gasteiger charge is -2.22. The molecular formula is C18H26N4O3. The number of rotatable bonds is 4. The van der Waals surface area contributed by atoms with Crippen molar-refractivity contribution in [3.8, 4) is 0 Å². The second kappa shape index (κ2) is 6.63. The van der Waals surface area contributed by atoms with E-state index in [-0.39, 0.29) is 29.9 Å². The Morgan fingerprint density at radius 3 is 2.76 bits per heavy atom. The Bertz CT molecular complexity index is 757. The van der Waals surface area contributed by atoms with Gasteiger partial charge in [0.15, 0.2) is 0 Å². The molecule has 0 saturated heterocycles. The molecule has 0 aromatic carbocycles. The molecule has 2 aromatic heterocycles. The van der Waals surface area contributed by atoms with Gasteiger partial charge in [0, 0.05) is 12.0 Å². The SMILES string of the molecule is Cc1cnc(CC(=O)Nc2cc([C@H]3CC[C@@H](O)C3)nn2C(C)(C)C)o1. The number of aryl methyl sites for hydroxylation is 1. The minimum absolute atomic E-state index is 0.0840. The normalized spacial score (nSPS) is 20.8. The highest BCUT2D eigenvalue weighted by Gasteiger charge is 2.29. The van der Waals surface area contributed by atoms with Gasteiger partial charge in [-0.25, -0.2) is 9.67 Å². The molecule has 1 aliphatic rings. The van der Waals surface area contributed by atoms with E-state index in [0.29, 0.717) is 17.5 Å². The van der Waals surface area contributed by atoms with Crippen molar-refractivity contribution >= 4 is 11.7 Å². The van der Waals surface area contributed by atoms with Gasteiger partial charge in [0.2, 0.25) is 11.8 Å². The smallest absolute Gasteiger partial charge is 0.234 e. The van der Waals surface area contributed by atoms with Gasteiger partial charge in [-0.15, -0.1) is 0 Å². The van der Waals surface area contributed by atoms with E-state index in [4.69, 9.17) is 9.52 Å². The Kier molecular flexibility index (Phi) is 4.69. The minimum atomic E-state index is -0.266. The zero-order valence-electron chi connectivity index (χ0n) is 15.2. The fourth-order valence-electron chi connectivity index (χ4n) is 3.23. The molecule has 1 saturated carbocycles. The van der Waals surface area contributed by atoms with E-state index >= 15 is 0 Å². The molecule has 1 fully saturated rings. The van der Waals surface area contributed by atoms with Crippen molar-refractivity contribution in [2.45, 2.75) is 70.9 Å². The first-order valence-electron chi connectivity index (χ1n) is 8.72. The molecule has 25 heavy (non-hydrogen) atoms. The summed E-state index contributed by atoms with van der Waals surface area (Å²) in [6.45, 7) is 7.92. The molecule has 7 heteroatoms. The van der Waals surface area contributed by atoms with Crippen molar-refractivity contribution in [2.75, 3.05) is 5.32 Å². The van der Waals surface area contributed by atoms with Crippen LogP contribution in [0.2, 0.25) is 0 Å². The number of hydrogen-bond acceptors (Lipinski definition) is 5. The van der Waals surface area contributed by atoms with E-state index in [0.717, 1.165) is 25.0 Å². The van der Waals surface area contributed by atoms with E-state index in [1.165, 1.54) is 0 Å². The van der Waals surface area contributed by atoms with Crippen LogP contribution in [0.25, 0.3) is 0 Å². The summed E-state index contributed by atoms with van der Waals surface area (Å²) in [6, 6.07) is 1.92. The molecule has 2 heterocycles. The minimum Gasteiger partial charge on any atom is -0.445 e. The molecule has 3 rings (SSSR count). The van der Waals surface area contributed by atoms with Crippen molar-refractivity contribution in [1.29, 1.82) is 0 Å². The van der Waals surface area contributed by atoms with Crippen molar-refractivity contribution in [3.63, 3.8) is 0 Å². The van der Waals surface area contributed by atoms with E-state index in [9.17, 15) is 9.90 Å². The molecule has 0 aliphatic heterocycles. The zero-order valence-corrected chi connectivity index (χ0v) is 15.2. The standard InChI is InChI=1S/C18H26N4O3/c1-11-10-19-17(25-11)9-16(24)20-15-8-14(12-5-6-13(23)7-12)21-22(15)18(2,3)4/h8,10,12-13,23H,5-7,9H2,1-4H3,(H,20,24)/t12-,13+/m0/s1. The summed E-state index contributed by atoms with van der Waals surface area (Å²) in [5, 5.41) is 17.4. The maximum absolute atomic E-state index is 12.4. The van der Waals surface area contributed by atoms with Gasteiger partial charge in [0.05, 0.1) is 23.5 Å². The number of aliphatic hydroxyl groups excluding tert-OH is 1. The Hall–Kier alpha value is -2.15. The number of carbonyl (C=O) groups is 1. The maximum atomic E-state index is 12.4. The molecule has 2 N–H and O–H groups in total. The lowest BCUT2D eigenvalue weighted by molar-refractivity contribution is -0.115. The Morgan fingerprint density at radius 1 is 1.44 bits per heavy atom. The maximum Gasteiger partial charge on any atom is 0.234 e. The highest BCUT2D eigenvalue weighted by molar-refractivity contribution is 5.91. The van der Waals surface area contributed by atoms with Gasteiger partial charge in [-0.05, 0) is 47.0 Å². The molecule has 1 amide bonds. The summed E-state index contributed by atoms with van der Waals surface area (Å²) < 4.78 is 7.20. The van der Waals surface area contributed by atoms with E-state index < -0.39 is 0 Å². The highest BCUT2D eigenvalue weighted by Crippen LogP contribution is 2.35. The summed E-state index contributed by atoms with van der Waals surface area (Å²) in [7, 11) is 0. The molecule has 0 bridgehead atoms. The number of oxazole rings is 1. The van der Waals surface area contributed by atoms with Crippen molar-refractivity contribution in [1.82, 2.24) is 14.8 Å². The average molecular weight is 346 g/mol. The van der Waals surface area contributed by atoms with Crippen LogP contribution in [-0.4, -0.2) is 31.9 Å². The fourth-order valence-corrected chi connectivity index (χ4v) is 3.23. The van der Waals surface area contributed by atoms with Crippen LogP contribution in [-0.2, 0) is 16.8 Å². The molecule has 1 aliphatic carbocycles. The monoisotopic (exact) mass is 346 g/mol. The number of hydrogen-bond donors (Lipinski definition) is 2. The van der Waals surface area contributed by atoms with Crippen LogP contribution < -0.4 is 5.32 Å². The number of carbonyl (C=O) groups excluding carboxylic acids is 1. The predicted molar refractivity (Wildman–Crippen MR) is 93.4 cm³/mol. The third kappa shape index (κ3) is 4.10. The van der Waals surface area contributed by atoms with Gasteiger partial charge in [-0.3, -0.25) is 4.79 Å². The quantitative estimate of drug-likeness (QED) is 0.888. The number of aromatic nitrogens is 3. The third-order valence-electron chi connectivity index (χ3n) is 4.44. The Morgan fingerprint density at radius 2 is 2.20 bits per heavy atom. The Balaban J connectivity index is 1.79. The summed E-state index contributed by atoms with van der Waals surface area (Å²) in [4.78, 5) is 16.4. The zero-order chi connectivity index (χ0) is 18.2. The molecule has 2 atom stereocenters. The first-order valence-corrected chi connectivity index (χ1v) is 8.72. The third-order valence-corrected chi connectivity index (χ3v) is 4.44. The number of amides is 1. The van der Waals surface area contributed by atoms with Crippen molar-refractivity contribution in [3.05, 3.63) is 29.6 Å². The largest absolute Gasteiger partial charge is 0.445 e. The molecule has 7 nitrogen and oxygen atoms in total. The molecule has 0 spiro atoms. The van der Waals surface area contributed by atoms with Crippen LogP contribution in [0.3, 0.4) is 0 Å². The van der Waals surface area contributed by atoms with Gasteiger partial charge in [-0.2, -0.15) is 5.10 Å². The highest BCUT2D eigenvalue weighted by atomic mass is 16.4. The predicted octanol–water partition coefficient (Wildman–Crippen LogP) is 2.74. The summed E-state index contributed by atoms with van der Waals surface area (Å²) in [6.07, 6.45) is 3.89. The lowest BCUT2D eigenvalue weighted by atomic mass is 10.0. The van der Waals surface area contributed by atoms with Crippen LogP contribution in [0.5, 0.6) is 0 Å². The number of anilines is 1. The lowest BCUT2D eigenvalue weighted by Crippen LogP contribution is -2.27. The van der Waals surface area contributed by atoms with E-state index in [2.05, 4.69) is 10.3 Å². The van der Waals surface area contributed by atoms with Crippen molar-refractivity contribution < 1.29 is 14.3 Å². The number of nitrogens with one attached hydrogen (secondary N) is 1. The second-order valence-corrected chi connectivity index (χ2v) is 7.79. The molecule has 2 aromatic rings. The van der Waals surface area contributed by atoms with Gasteiger partial charge in [0.1, 0.15) is 18.0 Å². The fraction of sp³-hybridized carbons (Fsp3) is 0.611. The molecule has 136 valence electrons. The summed E-state index contributed by atoms with van der Waals surface area (Å²) in [5.41, 5.74) is 0.658. The van der Waals surface area contributed by atoms with Crippen LogP contribution >= 0.6 is 0 Å². The van der Waals surface area contributed by atoms with Gasteiger partial charge >= 0.3 is 0 Å². The van der Waals surface area contributed by atoms with E-state index in [1.54, 1.807) is 13.1 Å². The average Bonchev–Trinajstić information content (AvgIpc) is 3.19. The van der Waals surface area contributed by atoms with Gasteiger partial charge in [-0.1, -0.05) is 0 Å². The summed E-state index contributed by atoms with van der Waals surface area (Å²) >= 11 is 0. The molecular weight excluding hydrogens is 320 g/mol. The first-order chi connectivity index (χ1) is 11.7.